The summed E-state index contributed by atoms with van der Waals surface area (Å²) in [6, 6.07) is 58.0. The Morgan fingerprint density at radius 2 is 0.786 bits per heavy atom. The molecule has 0 spiro atoms. The normalized spacial score (nSPS) is 16.9. The van der Waals surface area contributed by atoms with Crippen LogP contribution in [0.4, 0.5) is 0 Å². The molecule has 11 rings (SSSR count). The fourth-order valence-corrected chi connectivity index (χ4v) is 17.3. The number of amides is 4. The number of hydrogen-bond acceptors (Lipinski definition) is 22. The minimum Gasteiger partial charge on any atom is -0.492 e. The lowest BCUT2D eigenvalue weighted by atomic mass is 9.87. The Kier molecular flexibility index (Phi) is 37.9. The molecule has 0 aliphatic carbocycles. The van der Waals surface area contributed by atoms with Crippen LogP contribution in [0.15, 0.2) is 200 Å². The molecular weight excluding hydrogens is 1680 g/mol. The topological polar surface area (TPSA) is 428 Å². The second-order valence-corrected chi connectivity index (χ2v) is 36.1. The van der Waals surface area contributed by atoms with E-state index in [0.29, 0.717) is 105 Å². The van der Waals surface area contributed by atoms with Gasteiger partial charge in [0.15, 0.2) is 44.5 Å². The van der Waals surface area contributed by atoms with Gasteiger partial charge in [-0.2, -0.15) is 0 Å². The zero-order valence-electron chi connectivity index (χ0n) is 76.1. The number of aryl methyl sites for hydroxylation is 1. The molecule has 9 aromatic rings. The van der Waals surface area contributed by atoms with Crippen molar-refractivity contribution < 1.29 is 75.3 Å². The van der Waals surface area contributed by atoms with Gasteiger partial charge in [0.25, 0.3) is 0 Å². The Morgan fingerprint density at radius 1 is 0.427 bits per heavy atom. The zero-order chi connectivity index (χ0) is 94.4. The van der Waals surface area contributed by atoms with Crippen LogP contribution in [0.25, 0.3) is 55.6 Å². The van der Waals surface area contributed by atoms with E-state index in [9.17, 15) is 56.4 Å². The average Bonchev–Trinajstić information content (AvgIpc) is 0.779. The van der Waals surface area contributed by atoms with Gasteiger partial charge in [-0.1, -0.05) is 185 Å². The Balaban J connectivity index is 0.000000272. The van der Waals surface area contributed by atoms with Crippen LogP contribution in [0.2, 0.25) is 0 Å². The molecule has 8 bridgehead atoms. The largest absolute Gasteiger partial charge is 0.492 e. The number of unbranched alkanes of at least 4 members (excludes halogenated alkanes) is 2. The first kappa shape index (κ1) is 101. The van der Waals surface area contributed by atoms with Crippen LogP contribution in [-0.2, 0) is 67.5 Å². The van der Waals surface area contributed by atoms with Crippen molar-refractivity contribution in [1.29, 1.82) is 0 Å². The highest BCUT2D eigenvalue weighted by molar-refractivity contribution is 7.91. The van der Waals surface area contributed by atoms with Crippen molar-refractivity contribution >= 4 is 68.2 Å². The maximum absolute atomic E-state index is 14.9. The average molecular weight is 1800 g/mol. The quantitative estimate of drug-likeness (QED) is 0.0131. The minimum absolute atomic E-state index is 0.0660. The maximum Gasteiger partial charge on any atom is 0.226 e. The molecule has 0 saturated carbocycles. The van der Waals surface area contributed by atoms with Crippen molar-refractivity contribution in [2.75, 3.05) is 91.8 Å². The number of benzene rings is 9. The fraction of sp³-hybridized carbons (Fsp3) is 0.385. The molecule has 0 fully saturated rings. The predicted molar refractivity (Wildman–Crippen MR) is 511 cm³/mol. The zero-order valence-corrected chi connectivity index (χ0v) is 77.0. The van der Waals surface area contributed by atoms with E-state index >= 15 is 0 Å². The van der Waals surface area contributed by atoms with E-state index in [2.05, 4.69) is 78.2 Å². The van der Waals surface area contributed by atoms with Crippen LogP contribution in [0.3, 0.4) is 0 Å². The van der Waals surface area contributed by atoms with Gasteiger partial charge in [-0.15, -0.1) is 0 Å². The second-order valence-electron chi connectivity index (χ2n) is 34.0. The van der Waals surface area contributed by atoms with Crippen LogP contribution in [0.5, 0.6) is 23.0 Å². The third-order valence-electron chi connectivity index (χ3n) is 23.8. The monoisotopic (exact) mass is 1800 g/mol. The summed E-state index contributed by atoms with van der Waals surface area (Å²) in [6.07, 6.45) is 5.88. The summed E-state index contributed by atoms with van der Waals surface area (Å²) in [5, 5.41) is 5.57. The van der Waals surface area contributed by atoms with E-state index < -0.39 is 104 Å². The highest BCUT2D eigenvalue weighted by Gasteiger charge is 2.40. The van der Waals surface area contributed by atoms with Gasteiger partial charge < -0.3 is 73.8 Å². The van der Waals surface area contributed by atoms with Gasteiger partial charge in [0.1, 0.15) is 67.3 Å². The number of Topliss-reactive ketones (excluding diaryl/α,β-unsaturated/α-hetero) is 6. The number of ether oxygens (including phenoxy) is 4. The molecule has 131 heavy (non-hydrogen) atoms. The van der Waals surface area contributed by atoms with Crippen molar-refractivity contribution in [3.8, 4) is 78.6 Å². The highest BCUT2D eigenvalue weighted by atomic mass is 32.2. The van der Waals surface area contributed by atoms with E-state index in [1.54, 1.807) is 98.9 Å². The Hall–Kier alpha value is -12.2. The number of rotatable bonds is 39. The summed E-state index contributed by atoms with van der Waals surface area (Å²) in [4.78, 5) is 144. The van der Waals surface area contributed by atoms with E-state index in [0.717, 1.165) is 64.5 Å². The Bertz CT molecular complexity index is 5560. The van der Waals surface area contributed by atoms with E-state index in [-0.39, 0.29) is 121 Å². The summed E-state index contributed by atoms with van der Waals surface area (Å²) < 4.78 is 49.0. The second kappa shape index (κ2) is 49.2. The van der Waals surface area contributed by atoms with E-state index in [4.69, 9.17) is 53.3 Å². The van der Waals surface area contributed by atoms with Crippen molar-refractivity contribution in [2.24, 2.45) is 58.1 Å². The number of likely N-dealkylation sites (N-methyl/N-ethyl adjacent to an activating group) is 2. The molecular formula is C104H126N10O16S. The number of carbonyl (C=O) groups excluding carboxylic acids is 10. The standard InChI is InChI=1S/C53H61N5O7.C51H65N5O9S/c1-34-29-48(61)51(42-21-23-50(65-28-26-56)45(32-42)44-30-36(12-22-49(44)64-27-25-55)31-46(35(2)59)57-52(34)62)58(3)53(63)43(11-7-8-24-54)33-47(60)41-19-17-40(18-20-41)39-15-13-38(14-16-39)37-9-5-4-6-10-37;1-5-6-8-34-10-13-36(14-11-34)37-15-17-38(18-16-37)44(57)31-40(9-7-22-52)51(61)56(3)49-39-19-21-48(65-26-24-54)42(30-39)41-28-35(12-20-47(41)64-25-23-53)29-43(46(59)32-66(4,62)63)55-50(60)33(2)27-45(49)58/h4-6,9-10,12-23,30,32,34,43,46,51H,7-8,11,24-29,31,33,54-56H2,1-3H3,(H,57,62);10-21,28,30,33,40,43,49H,5-9,22-27,29,31-32,52-54H2,1-4H3,(H,55,60)/t34-,43-,46+,51+;33-,40-,43+,49+/m11/s1. The molecule has 8 atom stereocenters. The molecule has 14 N–H and O–H groups in total. The molecule has 0 aromatic heterocycles. The molecule has 694 valence electrons. The molecule has 27 heteroatoms. The van der Waals surface area contributed by atoms with Gasteiger partial charge in [0, 0.05) is 129 Å². The van der Waals surface area contributed by atoms with Gasteiger partial charge in [-0.05, 0) is 181 Å². The van der Waals surface area contributed by atoms with Crippen LogP contribution in [0.1, 0.15) is 159 Å². The third kappa shape index (κ3) is 27.9. The summed E-state index contributed by atoms with van der Waals surface area (Å²) in [7, 11) is -0.690. The van der Waals surface area contributed by atoms with Crippen molar-refractivity contribution in [2.45, 2.75) is 142 Å². The SMILES string of the molecule is CC(=O)[C@@H]1Cc2ccc(OCCN)c(c2)-c2cc(ccc2OCCN)[C@H](N(C)C(=O)[C@H](CCCCN)CC(=O)c2ccc(-c3ccc(-c4ccccc4)cc3)cc2)C(=O)C[C@@H](C)C(=O)N1.CCCCc1ccc(-c2ccc(C(=O)C[C@@H](CCCN)C(=O)N(C)[C@@H]3C(=O)C[C@@H](C)C(=O)N[C@H](C(=O)CS(C)(=O)=O)Cc4ccc(OCCN)c(c4)-c4cc3ccc4OCCN)cc2)cc1. The van der Waals surface area contributed by atoms with Gasteiger partial charge in [-0.25, -0.2) is 8.42 Å². The van der Waals surface area contributed by atoms with Crippen LogP contribution < -0.4 is 64.0 Å². The molecule has 9 aromatic carbocycles. The van der Waals surface area contributed by atoms with Crippen LogP contribution in [0, 0.1) is 23.7 Å². The van der Waals surface area contributed by atoms with Crippen LogP contribution in [-0.4, -0.2) is 180 Å². The van der Waals surface area contributed by atoms with Crippen molar-refractivity contribution in [3.63, 3.8) is 0 Å². The summed E-state index contributed by atoms with van der Waals surface area (Å²) >= 11 is 0. The molecule has 0 saturated heterocycles. The number of nitrogens with zero attached hydrogens (tertiary/aromatic N) is 2. The first-order valence-corrected chi connectivity index (χ1v) is 47.2. The Labute approximate surface area is 768 Å². The first-order chi connectivity index (χ1) is 63.0. The fourth-order valence-electron chi connectivity index (χ4n) is 16.6. The van der Waals surface area contributed by atoms with Crippen molar-refractivity contribution in [1.82, 2.24) is 20.4 Å². The van der Waals surface area contributed by atoms with Gasteiger partial charge in [-0.3, -0.25) is 47.9 Å². The van der Waals surface area contributed by atoms with Gasteiger partial charge >= 0.3 is 0 Å². The molecule has 2 aliphatic heterocycles. The number of carbonyl (C=O) groups is 10. The number of hydrogen-bond donors (Lipinski definition) is 8. The van der Waals surface area contributed by atoms with Crippen LogP contribution >= 0.6 is 0 Å². The summed E-state index contributed by atoms with van der Waals surface area (Å²) in [6.45, 7) is 9.02. The van der Waals surface area contributed by atoms with E-state index in [1.807, 2.05) is 54.6 Å². The van der Waals surface area contributed by atoms with Gasteiger partial charge in [0.05, 0.1) is 12.1 Å². The third-order valence-corrected chi connectivity index (χ3v) is 24.6. The number of ketones is 6. The summed E-state index contributed by atoms with van der Waals surface area (Å²) in [5.41, 5.74) is 47.9. The molecule has 0 radical (unpaired) electrons. The number of sulfone groups is 1. The van der Waals surface area contributed by atoms with Crippen molar-refractivity contribution in [3.05, 3.63) is 239 Å². The molecule has 0 unspecified atom stereocenters. The predicted octanol–water partition coefficient (Wildman–Crippen LogP) is 12.5. The number of nitrogens with two attached hydrogens (primary N) is 6. The Morgan fingerprint density at radius 3 is 1.17 bits per heavy atom. The lowest BCUT2D eigenvalue weighted by Gasteiger charge is -2.32. The molecule has 2 heterocycles. The number of fused-ring (bicyclic) bond motifs is 10. The first-order valence-electron chi connectivity index (χ1n) is 45.2. The lowest BCUT2D eigenvalue weighted by molar-refractivity contribution is -0.142. The molecule has 26 nitrogen and oxygen atoms in total. The van der Waals surface area contributed by atoms with Gasteiger partial charge in [0.2, 0.25) is 23.6 Å². The molecule has 4 amide bonds. The smallest absolute Gasteiger partial charge is 0.226 e. The maximum atomic E-state index is 14.9. The van der Waals surface area contributed by atoms with E-state index in [1.165, 1.54) is 36.3 Å². The highest BCUT2D eigenvalue weighted by Crippen LogP contribution is 2.44. The molecule has 2 aliphatic rings. The lowest BCUT2D eigenvalue weighted by Crippen LogP contribution is -2.47. The number of nitrogens with one attached hydrogen (secondary N) is 2. The summed E-state index contributed by atoms with van der Waals surface area (Å²) in [5.74, 6) is -6.77. The minimum atomic E-state index is -3.77.